The number of carbonyl (C=O) groups is 2. The smallest absolute Gasteiger partial charge is 0.242 e. The molecule has 0 radical (unpaired) electrons. The van der Waals surface area contributed by atoms with E-state index in [2.05, 4.69) is 6.92 Å². The van der Waals surface area contributed by atoms with E-state index in [4.69, 9.17) is 4.74 Å². The van der Waals surface area contributed by atoms with Crippen molar-refractivity contribution in [3.63, 3.8) is 0 Å². The number of para-hydroxylation sites is 1. The predicted octanol–water partition coefficient (Wildman–Crippen LogP) is 3.66. The van der Waals surface area contributed by atoms with E-state index in [0.717, 1.165) is 16.9 Å². The van der Waals surface area contributed by atoms with E-state index in [0.29, 0.717) is 5.69 Å². The summed E-state index contributed by atoms with van der Waals surface area (Å²) in [4.78, 5) is 27.4. The maximum Gasteiger partial charge on any atom is 0.242 e. The van der Waals surface area contributed by atoms with Crippen LogP contribution in [0.4, 0.5) is 5.69 Å². The highest BCUT2D eigenvalue weighted by molar-refractivity contribution is 8.00. The summed E-state index contributed by atoms with van der Waals surface area (Å²) in [5.74, 6) is -0.461. The van der Waals surface area contributed by atoms with Gasteiger partial charge in [0.25, 0.3) is 0 Å². The van der Waals surface area contributed by atoms with Crippen LogP contribution < -0.4 is 4.90 Å². The molecule has 3 aliphatic heterocycles. The molecular weight excluding hydrogens is 346 g/mol. The first-order valence-corrected chi connectivity index (χ1v) is 9.90. The summed E-state index contributed by atoms with van der Waals surface area (Å²) >= 11 is 1.63. The lowest BCUT2D eigenvalue weighted by Gasteiger charge is -2.32. The number of ether oxygens (including phenoxy) is 1. The van der Waals surface area contributed by atoms with Gasteiger partial charge in [0.1, 0.15) is 5.60 Å². The molecule has 3 heterocycles. The van der Waals surface area contributed by atoms with Gasteiger partial charge >= 0.3 is 0 Å². The molecule has 0 spiro atoms. The molecule has 2 fully saturated rings. The van der Waals surface area contributed by atoms with Gasteiger partial charge in [-0.1, -0.05) is 49.4 Å². The average Bonchev–Trinajstić information content (AvgIpc) is 3.18. The lowest BCUT2D eigenvalue weighted by Crippen LogP contribution is -2.38. The highest BCUT2D eigenvalue weighted by Crippen LogP contribution is 2.70. The molecule has 0 aliphatic carbocycles. The van der Waals surface area contributed by atoms with Crippen molar-refractivity contribution in [1.82, 2.24) is 0 Å². The number of fused-ring (bicyclic) bond motifs is 8. The highest BCUT2D eigenvalue weighted by Gasteiger charge is 2.76. The molecule has 2 amide bonds. The molecular formula is C21H19NO3S. The number of benzene rings is 2. The second-order valence-corrected chi connectivity index (χ2v) is 8.63. The molecule has 0 N–H and O–H groups in total. The summed E-state index contributed by atoms with van der Waals surface area (Å²) in [6, 6.07) is 17.2. The summed E-state index contributed by atoms with van der Waals surface area (Å²) < 4.78 is 6.54. The summed E-state index contributed by atoms with van der Waals surface area (Å²) in [6.45, 7) is 4.03. The number of thioether (sulfide) groups is 1. The van der Waals surface area contributed by atoms with Crippen molar-refractivity contribution in [3.05, 3.63) is 65.7 Å². The number of hydrogen-bond donors (Lipinski definition) is 0. The summed E-state index contributed by atoms with van der Waals surface area (Å²) in [7, 11) is 0. The molecule has 4 nitrogen and oxygen atoms in total. The Kier molecular flexibility index (Phi) is 3.22. The van der Waals surface area contributed by atoms with Crippen LogP contribution in [-0.2, 0) is 24.9 Å². The fourth-order valence-corrected chi connectivity index (χ4v) is 6.37. The molecule has 0 saturated carbocycles. The number of anilines is 1. The first-order chi connectivity index (χ1) is 12.5. The van der Waals surface area contributed by atoms with Crippen LogP contribution >= 0.6 is 11.8 Å². The van der Waals surface area contributed by atoms with E-state index < -0.39 is 22.4 Å². The van der Waals surface area contributed by atoms with Crippen molar-refractivity contribution in [1.29, 1.82) is 0 Å². The van der Waals surface area contributed by atoms with E-state index in [-0.39, 0.29) is 11.8 Å². The molecule has 5 heteroatoms. The van der Waals surface area contributed by atoms with Crippen molar-refractivity contribution < 1.29 is 14.3 Å². The third kappa shape index (κ3) is 1.70. The van der Waals surface area contributed by atoms with Crippen molar-refractivity contribution >= 4 is 29.3 Å². The number of hydrogen-bond acceptors (Lipinski definition) is 4. The van der Waals surface area contributed by atoms with Crippen LogP contribution in [0.1, 0.15) is 25.0 Å². The number of imide groups is 1. The number of nitrogens with zero attached hydrogens (tertiary/aromatic N) is 1. The van der Waals surface area contributed by atoms with Crippen molar-refractivity contribution in [2.45, 2.75) is 24.4 Å². The molecule has 2 aromatic carbocycles. The average molecular weight is 365 g/mol. The van der Waals surface area contributed by atoms with Gasteiger partial charge in [0.15, 0.2) is 4.93 Å². The van der Waals surface area contributed by atoms with Crippen LogP contribution in [-0.4, -0.2) is 17.6 Å². The van der Waals surface area contributed by atoms with Gasteiger partial charge in [-0.3, -0.25) is 9.59 Å². The van der Waals surface area contributed by atoms with Crippen LogP contribution in [0.3, 0.4) is 0 Å². The first-order valence-electron chi connectivity index (χ1n) is 8.91. The van der Waals surface area contributed by atoms with Crippen molar-refractivity contribution in [2.75, 3.05) is 10.7 Å². The lowest BCUT2D eigenvalue weighted by atomic mass is 9.70. The fraction of sp³-hybridized carbons (Fsp3) is 0.333. The van der Waals surface area contributed by atoms with Crippen LogP contribution in [0.25, 0.3) is 0 Å². The molecule has 4 unspecified atom stereocenters. The van der Waals surface area contributed by atoms with Gasteiger partial charge < -0.3 is 4.74 Å². The quantitative estimate of drug-likeness (QED) is 0.779. The monoisotopic (exact) mass is 365 g/mol. The predicted molar refractivity (Wildman–Crippen MR) is 101 cm³/mol. The third-order valence-corrected chi connectivity index (χ3v) is 7.16. The second-order valence-electron chi connectivity index (χ2n) is 7.16. The number of carbonyl (C=O) groups excluding carboxylic acids is 2. The molecule has 132 valence electrons. The minimum Gasteiger partial charge on any atom is -0.347 e. The van der Waals surface area contributed by atoms with Gasteiger partial charge in [0, 0.05) is 5.56 Å². The van der Waals surface area contributed by atoms with Crippen LogP contribution in [0, 0.1) is 11.8 Å². The van der Waals surface area contributed by atoms with Gasteiger partial charge in [0.2, 0.25) is 11.8 Å². The second kappa shape index (κ2) is 5.21. The molecule has 2 bridgehead atoms. The summed E-state index contributed by atoms with van der Waals surface area (Å²) in [6.07, 6.45) is 0. The van der Waals surface area contributed by atoms with Crippen molar-refractivity contribution in [3.8, 4) is 0 Å². The van der Waals surface area contributed by atoms with E-state index in [9.17, 15) is 9.59 Å². The Morgan fingerprint density at radius 3 is 2.27 bits per heavy atom. The van der Waals surface area contributed by atoms with Crippen LogP contribution in [0.2, 0.25) is 0 Å². The normalized spacial score (nSPS) is 34.3. The van der Waals surface area contributed by atoms with Gasteiger partial charge in [0.05, 0.1) is 17.5 Å². The van der Waals surface area contributed by atoms with E-state index in [1.54, 1.807) is 11.8 Å². The lowest BCUT2D eigenvalue weighted by molar-refractivity contribution is -0.129. The SMILES string of the molecule is CCSC12OC(C)(c3ccccc31)C1C(=O)N(c3ccccc3)C(=O)C12. The number of amides is 2. The summed E-state index contributed by atoms with van der Waals surface area (Å²) in [5.41, 5.74) is 1.96. The van der Waals surface area contributed by atoms with Gasteiger partial charge in [-0.25, -0.2) is 4.90 Å². The van der Waals surface area contributed by atoms with Crippen molar-refractivity contribution in [2.24, 2.45) is 11.8 Å². The fourth-order valence-electron chi connectivity index (χ4n) is 4.96. The molecule has 2 saturated heterocycles. The zero-order valence-corrected chi connectivity index (χ0v) is 15.5. The summed E-state index contributed by atoms with van der Waals surface area (Å²) in [5, 5.41) is 0. The minimum absolute atomic E-state index is 0.148. The maximum atomic E-state index is 13.4. The van der Waals surface area contributed by atoms with E-state index in [1.165, 1.54) is 4.90 Å². The highest BCUT2D eigenvalue weighted by atomic mass is 32.2. The van der Waals surface area contributed by atoms with E-state index >= 15 is 0 Å². The zero-order chi connectivity index (χ0) is 18.1. The Hall–Kier alpha value is -2.11. The zero-order valence-electron chi connectivity index (χ0n) is 14.6. The van der Waals surface area contributed by atoms with Crippen LogP contribution in [0.5, 0.6) is 0 Å². The maximum absolute atomic E-state index is 13.4. The third-order valence-electron chi connectivity index (χ3n) is 5.88. The Balaban J connectivity index is 1.71. The molecule has 4 atom stereocenters. The Morgan fingerprint density at radius 2 is 1.58 bits per heavy atom. The molecule has 5 rings (SSSR count). The van der Waals surface area contributed by atoms with E-state index in [1.807, 2.05) is 61.5 Å². The molecule has 26 heavy (non-hydrogen) atoms. The van der Waals surface area contributed by atoms with Gasteiger partial charge in [-0.15, -0.1) is 11.8 Å². The Bertz CT molecular complexity index is 930. The number of rotatable bonds is 3. The Labute approximate surface area is 156 Å². The topological polar surface area (TPSA) is 46.6 Å². The molecule has 3 aliphatic rings. The standard InChI is InChI=1S/C21H19NO3S/c1-3-26-21-15-12-8-7-11-14(15)20(2,25-21)16-17(21)19(24)22(18(16)23)13-9-5-4-6-10-13/h4-12,16-17H,3H2,1-2H3. The van der Waals surface area contributed by atoms with Crippen LogP contribution in [0.15, 0.2) is 54.6 Å². The Morgan fingerprint density at radius 1 is 0.962 bits per heavy atom. The van der Waals surface area contributed by atoms with Gasteiger partial charge in [-0.2, -0.15) is 0 Å². The van der Waals surface area contributed by atoms with Gasteiger partial charge in [-0.05, 0) is 30.4 Å². The molecule has 0 aromatic heterocycles. The largest absolute Gasteiger partial charge is 0.347 e. The minimum atomic E-state index is -0.777. The molecule has 2 aromatic rings. The first kappa shape index (κ1) is 16.1.